The van der Waals surface area contributed by atoms with Gasteiger partial charge in [-0.25, -0.2) is 4.98 Å². The van der Waals surface area contributed by atoms with Gasteiger partial charge in [-0.1, -0.05) is 12.1 Å². The minimum atomic E-state index is -0.0619. The standard InChI is InChI=1S/C19H25N5O2/c1-2-9-20-18(25)15-5-6-16(21-12-15)24-10-7-13(8-11-24)17-22-19(26-23-17)14-3-4-14/h5-6,12-14H,2-4,7-11H2,1H3,(H,20,25). The third-order valence-corrected chi connectivity index (χ3v) is 5.11. The molecule has 1 saturated heterocycles. The van der Waals surface area contributed by atoms with E-state index in [9.17, 15) is 4.79 Å². The highest BCUT2D eigenvalue weighted by molar-refractivity contribution is 5.94. The molecule has 1 N–H and O–H groups in total. The molecule has 2 aromatic rings. The molecule has 7 heteroatoms. The van der Waals surface area contributed by atoms with Crippen molar-refractivity contribution in [1.82, 2.24) is 20.4 Å². The summed E-state index contributed by atoms with van der Waals surface area (Å²) in [6.07, 6.45) is 6.92. The van der Waals surface area contributed by atoms with Crippen LogP contribution in [0.2, 0.25) is 0 Å². The zero-order valence-electron chi connectivity index (χ0n) is 15.1. The van der Waals surface area contributed by atoms with E-state index in [2.05, 4.69) is 25.3 Å². The number of carbonyl (C=O) groups excluding carboxylic acids is 1. The van der Waals surface area contributed by atoms with Crippen LogP contribution in [0.1, 0.15) is 72.9 Å². The van der Waals surface area contributed by atoms with Gasteiger partial charge >= 0.3 is 0 Å². The molecule has 1 aliphatic heterocycles. The van der Waals surface area contributed by atoms with Crippen LogP contribution < -0.4 is 10.2 Å². The SMILES string of the molecule is CCCNC(=O)c1ccc(N2CCC(c3noc(C4CC4)n3)CC2)nc1. The second kappa shape index (κ2) is 7.43. The number of rotatable bonds is 6. The molecule has 3 heterocycles. The van der Waals surface area contributed by atoms with E-state index in [-0.39, 0.29) is 5.91 Å². The lowest BCUT2D eigenvalue weighted by molar-refractivity contribution is 0.0953. The maximum Gasteiger partial charge on any atom is 0.252 e. The summed E-state index contributed by atoms with van der Waals surface area (Å²) in [5.74, 6) is 3.41. The van der Waals surface area contributed by atoms with Gasteiger partial charge in [0.25, 0.3) is 5.91 Å². The minimum absolute atomic E-state index is 0.0619. The average molecular weight is 355 g/mol. The van der Waals surface area contributed by atoms with E-state index in [1.165, 1.54) is 12.8 Å². The van der Waals surface area contributed by atoms with Gasteiger partial charge in [0, 0.05) is 37.7 Å². The highest BCUT2D eigenvalue weighted by atomic mass is 16.5. The number of hydrogen-bond acceptors (Lipinski definition) is 6. The van der Waals surface area contributed by atoms with Crippen LogP contribution in [0.3, 0.4) is 0 Å². The van der Waals surface area contributed by atoms with E-state index in [0.29, 0.717) is 23.9 Å². The molecule has 7 nitrogen and oxygen atoms in total. The van der Waals surface area contributed by atoms with Gasteiger partial charge in [0.05, 0.1) is 5.56 Å². The quantitative estimate of drug-likeness (QED) is 0.858. The zero-order valence-corrected chi connectivity index (χ0v) is 15.1. The summed E-state index contributed by atoms with van der Waals surface area (Å²) >= 11 is 0. The van der Waals surface area contributed by atoms with Crippen LogP contribution in [0.4, 0.5) is 5.82 Å². The molecule has 2 fully saturated rings. The maximum absolute atomic E-state index is 12.0. The lowest BCUT2D eigenvalue weighted by atomic mass is 9.96. The molecule has 2 aliphatic rings. The van der Waals surface area contributed by atoms with Crippen LogP contribution in [-0.4, -0.2) is 40.7 Å². The first-order valence-corrected chi connectivity index (χ1v) is 9.57. The predicted molar refractivity (Wildman–Crippen MR) is 97.3 cm³/mol. The molecule has 1 amide bonds. The van der Waals surface area contributed by atoms with Gasteiger partial charge < -0.3 is 14.7 Å². The van der Waals surface area contributed by atoms with Crippen molar-refractivity contribution in [2.45, 2.75) is 50.9 Å². The fraction of sp³-hybridized carbons (Fsp3) is 0.579. The summed E-state index contributed by atoms with van der Waals surface area (Å²) in [7, 11) is 0. The third kappa shape index (κ3) is 3.71. The van der Waals surface area contributed by atoms with Crippen LogP contribution in [0.15, 0.2) is 22.9 Å². The van der Waals surface area contributed by atoms with E-state index < -0.39 is 0 Å². The Morgan fingerprint density at radius 1 is 1.23 bits per heavy atom. The molecular formula is C19H25N5O2. The van der Waals surface area contributed by atoms with Crippen molar-refractivity contribution in [2.24, 2.45) is 0 Å². The molecule has 0 atom stereocenters. The van der Waals surface area contributed by atoms with Crippen LogP contribution in [0.5, 0.6) is 0 Å². The summed E-state index contributed by atoms with van der Waals surface area (Å²) < 4.78 is 5.39. The summed E-state index contributed by atoms with van der Waals surface area (Å²) in [6, 6.07) is 3.78. The fourth-order valence-electron chi connectivity index (χ4n) is 3.32. The first kappa shape index (κ1) is 17.0. The number of hydrogen-bond donors (Lipinski definition) is 1. The summed E-state index contributed by atoms with van der Waals surface area (Å²) in [5.41, 5.74) is 0.608. The Bertz CT molecular complexity index is 746. The largest absolute Gasteiger partial charge is 0.357 e. The number of piperidine rings is 1. The van der Waals surface area contributed by atoms with Crippen LogP contribution in [-0.2, 0) is 0 Å². The fourth-order valence-corrected chi connectivity index (χ4v) is 3.32. The van der Waals surface area contributed by atoms with Gasteiger partial charge in [0.1, 0.15) is 5.82 Å². The van der Waals surface area contributed by atoms with Crippen LogP contribution in [0.25, 0.3) is 0 Å². The van der Waals surface area contributed by atoms with Crippen LogP contribution in [0, 0.1) is 0 Å². The van der Waals surface area contributed by atoms with Gasteiger partial charge in [-0.3, -0.25) is 4.79 Å². The highest BCUT2D eigenvalue weighted by Crippen LogP contribution is 2.39. The van der Waals surface area contributed by atoms with Gasteiger partial charge in [-0.15, -0.1) is 0 Å². The lowest BCUT2D eigenvalue weighted by Crippen LogP contribution is -2.34. The second-order valence-corrected chi connectivity index (χ2v) is 7.19. The smallest absolute Gasteiger partial charge is 0.252 e. The van der Waals surface area contributed by atoms with E-state index in [0.717, 1.165) is 49.9 Å². The van der Waals surface area contributed by atoms with Crippen molar-refractivity contribution >= 4 is 11.7 Å². The maximum atomic E-state index is 12.0. The highest BCUT2D eigenvalue weighted by Gasteiger charge is 2.32. The third-order valence-electron chi connectivity index (χ3n) is 5.11. The number of carbonyl (C=O) groups is 1. The summed E-state index contributed by atoms with van der Waals surface area (Å²) in [4.78, 5) is 23.3. The Hall–Kier alpha value is -2.44. The molecule has 1 aliphatic carbocycles. The van der Waals surface area contributed by atoms with Gasteiger partial charge in [0.15, 0.2) is 5.82 Å². The van der Waals surface area contributed by atoms with Crippen molar-refractivity contribution in [3.05, 3.63) is 35.6 Å². The number of anilines is 1. The molecule has 0 radical (unpaired) electrons. The molecule has 0 aromatic carbocycles. The Morgan fingerprint density at radius 2 is 2.04 bits per heavy atom. The summed E-state index contributed by atoms with van der Waals surface area (Å²) in [6.45, 7) is 4.54. The average Bonchev–Trinajstić information content (AvgIpc) is 3.43. The Labute approximate surface area is 153 Å². The first-order valence-electron chi connectivity index (χ1n) is 9.57. The Morgan fingerprint density at radius 3 is 2.69 bits per heavy atom. The van der Waals surface area contributed by atoms with Crippen molar-refractivity contribution in [3.8, 4) is 0 Å². The second-order valence-electron chi connectivity index (χ2n) is 7.19. The minimum Gasteiger partial charge on any atom is -0.357 e. The molecule has 2 aromatic heterocycles. The van der Waals surface area contributed by atoms with Crippen molar-refractivity contribution < 1.29 is 9.32 Å². The number of aromatic nitrogens is 3. The molecule has 0 bridgehead atoms. The zero-order chi connectivity index (χ0) is 17.9. The van der Waals surface area contributed by atoms with Gasteiger partial charge in [0.2, 0.25) is 5.89 Å². The number of nitrogens with zero attached hydrogens (tertiary/aromatic N) is 4. The lowest BCUT2D eigenvalue weighted by Gasteiger charge is -2.31. The topological polar surface area (TPSA) is 84.2 Å². The molecule has 0 unspecified atom stereocenters. The van der Waals surface area contributed by atoms with Gasteiger partial charge in [-0.2, -0.15) is 4.98 Å². The number of pyridine rings is 1. The predicted octanol–water partition coefficient (Wildman–Crippen LogP) is 2.87. The van der Waals surface area contributed by atoms with E-state index in [4.69, 9.17) is 4.52 Å². The normalized spacial score (nSPS) is 18.1. The van der Waals surface area contributed by atoms with Crippen molar-refractivity contribution in [1.29, 1.82) is 0 Å². The first-order chi connectivity index (χ1) is 12.7. The molecule has 4 rings (SSSR count). The van der Waals surface area contributed by atoms with Gasteiger partial charge in [-0.05, 0) is 44.2 Å². The Kier molecular flexibility index (Phi) is 4.86. The van der Waals surface area contributed by atoms with Crippen LogP contribution >= 0.6 is 0 Å². The molecule has 26 heavy (non-hydrogen) atoms. The Balaban J connectivity index is 1.33. The summed E-state index contributed by atoms with van der Waals surface area (Å²) in [5, 5.41) is 7.06. The number of nitrogens with one attached hydrogen (secondary N) is 1. The monoisotopic (exact) mass is 355 g/mol. The van der Waals surface area contributed by atoms with E-state index >= 15 is 0 Å². The van der Waals surface area contributed by atoms with Crippen molar-refractivity contribution in [3.63, 3.8) is 0 Å². The van der Waals surface area contributed by atoms with Crippen molar-refractivity contribution in [2.75, 3.05) is 24.5 Å². The van der Waals surface area contributed by atoms with E-state index in [1.807, 2.05) is 19.1 Å². The van der Waals surface area contributed by atoms with E-state index in [1.54, 1.807) is 6.20 Å². The molecular weight excluding hydrogens is 330 g/mol. The molecule has 138 valence electrons. The molecule has 0 spiro atoms. The molecule has 1 saturated carbocycles. The number of amides is 1.